The van der Waals surface area contributed by atoms with Crippen LogP contribution in [0.2, 0.25) is 0 Å². The topological polar surface area (TPSA) is 79.4 Å². The fraction of sp³-hybridized carbons (Fsp3) is 0.467. The van der Waals surface area contributed by atoms with E-state index in [1.165, 1.54) is 0 Å². The number of aromatic nitrogens is 2. The van der Waals surface area contributed by atoms with Crippen LogP contribution >= 0.6 is 0 Å². The Kier molecular flexibility index (Phi) is 10.0. The molecule has 37 heavy (non-hydrogen) atoms. The Labute approximate surface area is 220 Å². The number of rotatable bonds is 13. The molecule has 0 amide bonds. The third kappa shape index (κ3) is 7.49. The maximum Gasteiger partial charge on any atom is 0.162 e. The quantitative estimate of drug-likeness (QED) is 0.322. The number of halogens is 1. The molecule has 0 spiro atoms. The van der Waals surface area contributed by atoms with Crippen molar-refractivity contribution < 1.29 is 18.7 Å². The van der Waals surface area contributed by atoms with Gasteiger partial charge in [0.25, 0.3) is 0 Å². The lowest BCUT2D eigenvalue weighted by Crippen LogP contribution is -2.38. The Morgan fingerprint density at radius 3 is 2.49 bits per heavy atom. The fourth-order valence-corrected chi connectivity index (χ4v) is 4.81. The molecular formula is C30H40FN3O3. The molecule has 0 saturated carbocycles. The van der Waals surface area contributed by atoms with E-state index in [1.807, 2.05) is 55.6 Å². The first-order valence-corrected chi connectivity index (χ1v) is 12.9. The Hall–Kier alpha value is -3.03. The van der Waals surface area contributed by atoms with Gasteiger partial charge < -0.3 is 19.8 Å². The second-order valence-electron chi connectivity index (χ2n) is 10.5. The lowest BCUT2D eigenvalue weighted by molar-refractivity contribution is -0.130. The monoisotopic (exact) mass is 509 g/mol. The van der Waals surface area contributed by atoms with E-state index in [0.717, 1.165) is 28.4 Å². The minimum atomic E-state index is -1.30. The Morgan fingerprint density at radius 1 is 1.14 bits per heavy atom. The first-order valence-electron chi connectivity index (χ1n) is 12.9. The zero-order valence-corrected chi connectivity index (χ0v) is 22.6. The molecular weight excluding hydrogens is 469 g/mol. The summed E-state index contributed by atoms with van der Waals surface area (Å²) in [7, 11) is 1.63. The Balaban J connectivity index is 2.18. The lowest BCUT2D eigenvalue weighted by atomic mass is 9.69. The molecule has 0 radical (unpaired) electrons. The smallest absolute Gasteiger partial charge is 0.162 e. The number of carbonyl (C=O) groups is 1. The van der Waals surface area contributed by atoms with Crippen LogP contribution < -0.4 is 10.5 Å². The average molecular weight is 510 g/mol. The summed E-state index contributed by atoms with van der Waals surface area (Å²) in [6, 6.07) is 17.8. The van der Waals surface area contributed by atoms with Crippen molar-refractivity contribution in [3.63, 3.8) is 0 Å². The van der Waals surface area contributed by atoms with Crippen molar-refractivity contribution in [2.45, 2.75) is 52.8 Å². The van der Waals surface area contributed by atoms with Gasteiger partial charge in [0.2, 0.25) is 0 Å². The van der Waals surface area contributed by atoms with Crippen LogP contribution in [-0.2, 0) is 16.1 Å². The summed E-state index contributed by atoms with van der Waals surface area (Å²) in [5.41, 5.74) is 8.04. The molecule has 1 unspecified atom stereocenters. The van der Waals surface area contributed by atoms with Crippen molar-refractivity contribution in [3.05, 3.63) is 72.2 Å². The molecule has 1 aromatic heterocycles. The molecule has 3 aromatic rings. The van der Waals surface area contributed by atoms with Gasteiger partial charge in [-0.1, -0.05) is 63.2 Å². The number of nitrogens with two attached hydrogens (primary N) is 1. The zero-order chi connectivity index (χ0) is 27.0. The van der Waals surface area contributed by atoms with Gasteiger partial charge in [0.05, 0.1) is 12.8 Å². The molecule has 0 aliphatic carbocycles. The van der Waals surface area contributed by atoms with Crippen LogP contribution in [0.15, 0.2) is 60.8 Å². The Morgan fingerprint density at radius 2 is 1.86 bits per heavy atom. The molecule has 0 saturated heterocycles. The summed E-state index contributed by atoms with van der Waals surface area (Å²) in [6.07, 6.45) is 0.739. The number of ketones is 1. The van der Waals surface area contributed by atoms with Crippen molar-refractivity contribution >= 4 is 5.78 Å². The highest BCUT2D eigenvalue weighted by Crippen LogP contribution is 2.44. The summed E-state index contributed by atoms with van der Waals surface area (Å²) >= 11 is 0. The molecule has 200 valence electrons. The number of hydrogen-bond acceptors (Lipinski definition) is 5. The number of Topliss-reactive ketones (excluding diaryl/α,β-unsaturated/α-hetero) is 1. The maximum atomic E-state index is 14.8. The fourth-order valence-electron chi connectivity index (χ4n) is 4.81. The number of methoxy groups -OCH3 is 1. The van der Waals surface area contributed by atoms with Crippen LogP contribution in [0.4, 0.5) is 4.39 Å². The summed E-state index contributed by atoms with van der Waals surface area (Å²) in [6.45, 7) is 8.84. The Bertz CT molecular complexity index is 1140. The molecule has 0 aliphatic heterocycles. The molecule has 0 bridgehead atoms. The standard InChI is InChI=1S/C30H40FN3O3/c1-6-37-20-27(35)25(16-23(31)17-32)28(30(2,3)4)29-33-26(22-13-10-14-24(15-22)36-5)19-34(29)18-21-11-8-7-9-12-21/h7-15,19,23,25,28H,6,16-18,20,32H2,1-5H3/t23-,25-,28?/m0/s1. The number of hydrogen-bond donors (Lipinski definition) is 1. The number of carbonyl (C=O) groups excluding carboxylic acids is 1. The second kappa shape index (κ2) is 13.0. The van der Waals surface area contributed by atoms with E-state index in [4.69, 9.17) is 20.2 Å². The molecule has 2 aromatic carbocycles. The van der Waals surface area contributed by atoms with Crippen LogP contribution in [0.25, 0.3) is 11.3 Å². The number of nitrogens with zero attached hydrogens (tertiary/aromatic N) is 2. The van der Waals surface area contributed by atoms with E-state index in [1.54, 1.807) is 7.11 Å². The summed E-state index contributed by atoms with van der Waals surface area (Å²) in [5, 5.41) is 0. The number of ether oxygens (including phenoxy) is 2. The van der Waals surface area contributed by atoms with Crippen LogP contribution in [0, 0.1) is 11.3 Å². The third-order valence-electron chi connectivity index (χ3n) is 6.61. The van der Waals surface area contributed by atoms with Crippen molar-refractivity contribution in [2.24, 2.45) is 17.1 Å². The normalized spacial score (nSPS) is 14.2. The van der Waals surface area contributed by atoms with E-state index in [0.29, 0.717) is 13.2 Å². The highest BCUT2D eigenvalue weighted by Gasteiger charge is 2.41. The third-order valence-corrected chi connectivity index (χ3v) is 6.61. The van der Waals surface area contributed by atoms with Gasteiger partial charge in [0, 0.05) is 43.3 Å². The van der Waals surface area contributed by atoms with Crippen molar-refractivity contribution in [3.8, 4) is 17.0 Å². The molecule has 3 atom stereocenters. The van der Waals surface area contributed by atoms with E-state index in [9.17, 15) is 9.18 Å². The average Bonchev–Trinajstić information content (AvgIpc) is 3.29. The van der Waals surface area contributed by atoms with Crippen molar-refractivity contribution in [1.29, 1.82) is 0 Å². The van der Waals surface area contributed by atoms with E-state index in [2.05, 4.69) is 37.5 Å². The van der Waals surface area contributed by atoms with Gasteiger partial charge in [-0.15, -0.1) is 0 Å². The van der Waals surface area contributed by atoms with E-state index >= 15 is 0 Å². The van der Waals surface area contributed by atoms with Crippen LogP contribution in [0.3, 0.4) is 0 Å². The van der Waals surface area contributed by atoms with Gasteiger partial charge in [0.15, 0.2) is 5.78 Å². The first kappa shape index (κ1) is 28.5. The molecule has 1 heterocycles. The lowest BCUT2D eigenvalue weighted by Gasteiger charge is -2.37. The number of benzene rings is 2. The second-order valence-corrected chi connectivity index (χ2v) is 10.5. The maximum absolute atomic E-state index is 14.8. The van der Waals surface area contributed by atoms with Gasteiger partial charge in [0.1, 0.15) is 24.4 Å². The highest BCUT2D eigenvalue weighted by molar-refractivity contribution is 5.83. The van der Waals surface area contributed by atoms with E-state index < -0.39 is 17.5 Å². The number of imidazole rings is 1. The van der Waals surface area contributed by atoms with Gasteiger partial charge in [-0.25, -0.2) is 9.37 Å². The predicted octanol–water partition coefficient (Wildman–Crippen LogP) is 5.65. The summed E-state index contributed by atoms with van der Waals surface area (Å²) in [5.74, 6) is 0.342. The minimum absolute atomic E-state index is 0.0248. The molecule has 7 heteroatoms. The van der Waals surface area contributed by atoms with Gasteiger partial charge >= 0.3 is 0 Å². The summed E-state index contributed by atoms with van der Waals surface area (Å²) < 4.78 is 27.8. The van der Waals surface area contributed by atoms with Crippen LogP contribution in [-0.4, -0.2) is 48.4 Å². The predicted molar refractivity (Wildman–Crippen MR) is 146 cm³/mol. The summed E-state index contributed by atoms with van der Waals surface area (Å²) in [4.78, 5) is 18.6. The first-order chi connectivity index (χ1) is 17.7. The van der Waals surface area contributed by atoms with Gasteiger partial charge in [-0.3, -0.25) is 4.79 Å². The van der Waals surface area contributed by atoms with Crippen molar-refractivity contribution in [1.82, 2.24) is 9.55 Å². The van der Waals surface area contributed by atoms with E-state index in [-0.39, 0.29) is 31.3 Å². The molecule has 2 N–H and O–H groups in total. The molecule has 6 nitrogen and oxygen atoms in total. The zero-order valence-electron chi connectivity index (χ0n) is 22.6. The van der Waals surface area contributed by atoms with Crippen LogP contribution in [0.5, 0.6) is 5.75 Å². The number of alkyl halides is 1. The minimum Gasteiger partial charge on any atom is -0.497 e. The largest absolute Gasteiger partial charge is 0.497 e. The highest BCUT2D eigenvalue weighted by atomic mass is 19.1. The van der Waals surface area contributed by atoms with Gasteiger partial charge in [-0.05, 0) is 36.5 Å². The van der Waals surface area contributed by atoms with Crippen LogP contribution in [0.1, 0.15) is 51.4 Å². The molecule has 0 aliphatic rings. The molecule has 3 rings (SSSR count). The van der Waals surface area contributed by atoms with Gasteiger partial charge in [-0.2, -0.15) is 0 Å². The SMILES string of the molecule is CCOCC(=O)[C@H](C[C@H](F)CN)C(c1nc(-c2cccc(OC)c2)cn1Cc1ccccc1)C(C)(C)C. The molecule has 0 fully saturated rings. The van der Waals surface area contributed by atoms with Crippen molar-refractivity contribution in [2.75, 3.05) is 26.9 Å².